The number of rotatable bonds is 7. The average molecular weight is 409 g/mol. The standard InChI is InChI=1S/C16H20ClF3N4OS/c1-3-14(25)23-26(4-2,9-7-16(18,19)20)13-11-24(22-15(13)17)12-6-5-8-21-10-12/h5-6,8,10-11H,3-4,7,9H2,1-2H3,(H,23,25). The summed E-state index contributed by atoms with van der Waals surface area (Å²) in [6.45, 7) is 3.40. The van der Waals surface area contributed by atoms with E-state index in [1.807, 2.05) is 0 Å². The van der Waals surface area contributed by atoms with Gasteiger partial charge in [-0.2, -0.15) is 18.3 Å². The van der Waals surface area contributed by atoms with Crippen molar-refractivity contribution in [3.63, 3.8) is 0 Å². The zero-order chi connectivity index (χ0) is 19.4. The van der Waals surface area contributed by atoms with Crippen LogP contribution in [0, 0.1) is 0 Å². The molecule has 0 saturated carbocycles. The van der Waals surface area contributed by atoms with Crippen molar-refractivity contribution in [1.82, 2.24) is 19.5 Å². The van der Waals surface area contributed by atoms with Gasteiger partial charge in [0.1, 0.15) is 0 Å². The molecule has 1 N–H and O–H groups in total. The topological polar surface area (TPSA) is 59.8 Å². The highest BCUT2D eigenvalue weighted by Crippen LogP contribution is 2.56. The smallest absolute Gasteiger partial charge is 0.314 e. The Kier molecular flexibility index (Phi) is 6.57. The molecule has 26 heavy (non-hydrogen) atoms. The number of amides is 1. The molecule has 144 valence electrons. The molecular weight excluding hydrogens is 389 g/mol. The van der Waals surface area contributed by atoms with Crippen molar-refractivity contribution >= 4 is 27.7 Å². The predicted molar refractivity (Wildman–Crippen MR) is 96.7 cm³/mol. The van der Waals surface area contributed by atoms with E-state index in [0.29, 0.717) is 16.3 Å². The summed E-state index contributed by atoms with van der Waals surface area (Å²) in [6, 6.07) is 3.47. The minimum atomic E-state index is -4.32. The van der Waals surface area contributed by atoms with Crippen molar-refractivity contribution in [2.75, 3.05) is 11.5 Å². The van der Waals surface area contributed by atoms with Crippen molar-refractivity contribution in [3.8, 4) is 5.69 Å². The first-order valence-electron chi connectivity index (χ1n) is 8.02. The summed E-state index contributed by atoms with van der Waals surface area (Å²) >= 11 is 6.27. The van der Waals surface area contributed by atoms with E-state index in [0.717, 1.165) is 0 Å². The van der Waals surface area contributed by atoms with Gasteiger partial charge in [-0.25, -0.2) is 4.68 Å². The van der Waals surface area contributed by atoms with Crippen LogP contribution in [-0.2, 0) is 4.79 Å². The zero-order valence-corrected chi connectivity index (χ0v) is 16.0. The van der Waals surface area contributed by atoms with E-state index >= 15 is 0 Å². The molecule has 10 heteroatoms. The third-order valence-electron chi connectivity index (χ3n) is 3.83. The molecule has 1 atom stereocenters. The number of carbonyl (C=O) groups is 1. The molecular formula is C16H20ClF3N4OS. The first-order chi connectivity index (χ1) is 12.2. The van der Waals surface area contributed by atoms with Crippen molar-refractivity contribution in [2.24, 2.45) is 0 Å². The largest absolute Gasteiger partial charge is 0.389 e. The van der Waals surface area contributed by atoms with E-state index < -0.39 is 22.8 Å². The van der Waals surface area contributed by atoms with E-state index in [1.54, 1.807) is 44.6 Å². The molecule has 1 amide bonds. The van der Waals surface area contributed by atoms with Crippen LogP contribution in [0.1, 0.15) is 26.7 Å². The van der Waals surface area contributed by atoms with Crippen LogP contribution in [0.4, 0.5) is 13.2 Å². The van der Waals surface area contributed by atoms with Gasteiger partial charge in [0.05, 0.1) is 23.2 Å². The molecule has 2 heterocycles. The van der Waals surface area contributed by atoms with Gasteiger partial charge in [0.15, 0.2) is 5.15 Å². The Bertz CT molecular complexity index is 754. The summed E-state index contributed by atoms with van der Waals surface area (Å²) < 4.78 is 42.9. The first-order valence-corrected chi connectivity index (χ1v) is 10.4. The van der Waals surface area contributed by atoms with Gasteiger partial charge in [0.2, 0.25) is 5.91 Å². The third kappa shape index (κ3) is 4.91. The molecule has 2 aromatic rings. The highest BCUT2D eigenvalue weighted by Gasteiger charge is 2.36. The fourth-order valence-corrected chi connectivity index (χ4v) is 5.96. The number of nitrogens with zero attached hydrogens (tertiary/aromatic N) is 3. The quantitative estimate of drug-likeness (QED) is 0.733. The molecule has 0 fully saturated rings. The SMILES string of the molecule is CCC(=O)NS(CC)(CCC(F)(F)F)c1cn(-c2cccnc2)nc1Cl. The minimum absolute atomic E-state index is 0.0873. The summed E-state index contributed by atoms with van der Waals surface area (Å²) in [5.74, 6) is -0.223. The van der Waals surface area contributed by atoms with Gasteiger partial charge in [0.25, 0.3) is 0 Å². The number of pyridine rings is 1. The molecule has 0 spiro atoms. The van der Waals surface area contributed by atoms with Gasteiger partial charge in [-0.1, -0.05) is 25.4 Å². The number of alkyl halides is 3. The Labute approximate surface area is 156 Å². The van der Waals surface area contributed by atoms with Crippen molar-refractivity contribution in [2.45, 2.75) is 37.8 Å². The maximum Gasteiger partial charge on any atom is 0.389 e. The van der Waals surface area contributed by atoms with Crippen LogP contribution in [0.5, 0.6) is 0 Å². The van der Waals surface area contributed by atoms with Gasteiger partial charge < -0.3 is 4.72 Å². The van der Waals surface area contributed by atoms with E-state index in [-0.39, 0.29) is 23.2 Å². The molecule has 0 aliphatic carbocycles. The van der Waals surface area contributed by atoms with E-state index in [9.17, 15) is 18.0 Å². The van der Waals surface area contributed by atoms with Crippen molar-refractivity contribution in [3.05, 3.63) is 35.9 Å². The second-order valence-electron chi connectivity index (χ2n) is 5.56. The van der Waals surface area contributed by atoms with E-state index in [2.05, 4.69) is 14.8 Å². The van der Waals surface area contributed by atoms with E-state index in [4.69, 9.17) is 11.6 Å². The van der Waals surface area contributed by atoms with Crippen LogP contribution < -0.4 is 4.72 Å². The first kappa shape index (κ1) is 20.6. The summed E-state index contributed by atoms with van der Waals surface area (Å²) in [6.07, 6.45) is -0.400. The number of hydrogen-bond donors (Lipinski definition) is 1. The minimum Gasteiger partial charge on any atom is -0.314 e. The van der Waals surface area contributed by atoms with Crippen LogP contribution in [-0.4, -0.2) is 38.4 Å². The number of nitrogens with one attached hydrogen (secondary N) is 1. The zero-order valence-electron chi connectivity index (χ0n) is 14.4. The number of hydrogen-bond acceptors (Lipinski definition) is 3. The molecule has 0 bridgehead atoms. The maximum atomic E-state index is 12.9. The van der Waals surface area contributed by atoms with Gasteiger partial charge >= 0.3 is 6.18 Å². The second kappa shape index (κ2) is 8.30. The highest BCUT2D eigenvalue weighted by molar-refractivity contribution is 8.32. The van der Waals surface area contributed by atoms with Crippen LogP contribution >= 0.6 is 21.8 Å². The molecule has 0 aliphatic heterocycles. The Morgan fingerprint density at radius 3 is 2.65 bits per heavy atom. The van der Waals surface area contributed by atoms with Crippen molar-refractivity contribution in [1.29, 1.82) is 0 Å². The maximum absolute atomic E-state index is 12.9. The average Bonchev–Trinajstić information content (AvgIpc) is 3.01. The van der Waals surface area contributed by atoms with Gasteiger partial charge in [-0.05, 0) is 17.9 Å². The summed E-state index contributed by atoms with van der Waals surface area (Å²) in [5, 5.41) is 4.29. The fourth-order valence-electron chi connectivity index (χ4n) is 2.39. The fraction of sp³-hybridized carbons (Fsp3) is 0.438. The van der Waals surface area contributed by atoms with E-state index in [1.165, 1.54) is 4.68 Å². The van der Waals surface area contributed by atoms with Crippen LogP contribution in [0.15, 0.2) is 35.6 Å². The van der Waals surface area contributed by atoms with Gasteiger partial charge in [-0.15, -0.1) is 10.2 Å². The molecule has 2 rings (SSSR count). The molecule has 2 aromatic heterocycles. The molecule has 1 unspecified atom stereocenters. The Morgan fingerprint density at radius 1 is 1.38 bits per heavy atom. The molecule has 0 aromatic carbocycles. The Hall–Kier alpha value is -1.74. The lowest BCUT2D eigenvalue weighted by atomic mass is 10.4. The van der Waals surface area contributed by atoms with Gasteiger partial charge in [0, 0.05) is 24.6 Å². The second-order valence-corrected chi connectivity index (χ2v) is 9.31. The highest BCUT2D eigenvalue weighted by atomic mass is 35.5. The molecule has 0 saturated heterocycles. The number of halogens is 4. The van der Waals surface area contributed by atoms with Gasteiger partial charge in [-0.3, -0.25) is 9.78 Å². The monoisotopic (exact) mass is 408 g/mol. The summed E-state index contributed by atoms with van der Waals surface area (Å²) in [4.78, 5) is 16.5. The summed E-state index contributed by atoms with van der Waals surface area (Å²) in [7, 11) is -2.33. The molecule has 5 nitrogen and oxygen atoms in total. The Balaban J connectivity index is 2.47. The van der Waals surface area contributed by atoms with Crippen LogP contribution in [0.2, 0.25) is 5.15 Å². The molecule has 0 aliphatic rings. The normalized spacial score (nSPS) is 15.3. The molecule has 0 radical (unpaired) electrons. The van der Waals surface area contributed by atoms with Crippen LogP contribution in [0.3, 0.4) is 0 Å². The lowest BCUT2D eigenvalue weighted by Gasteiger charge is -2.39. The lowest BCUT2D eigenvalue weighted by Crippen LogP contribution is -2.32. The van der Waals surface area contributed by atoms with Crippen molar-refractivity contribution < 1.29 is 18.0 Å². The Morgan fingerprint density at radius 2 is 2.12 bits per heavy atom. The predicted octanol–water partition coefficient (Wildman–Crippen LogP) is 4.50. The number of aromatic nitrogens is 3. The van der Waals surface area contributed by atoms with Crippen LogP contribution in [0.25, 0.3) is 5.69 Å². The summed E-state index contributed by atoms with van der Waals surface area (Å²) in [5.41, 5.74) is 0.627. The lowest BCUT2D eigenvalue weighted by molar-refractivity contribution is -0.130. The third-order valence-corrected chi connectivity index (χ3v) is 7.86. The number of carbonyl (C=O) groups excluding carboxylic acids is 1.